The third-order valence-electron chi connectivity index (χ3n) is 3.48. The van der Waals surface area contributed by atoms with Crippen molar-refractivity contribution in [2.75, 3.05) is 20.3 Å². The molecule has 118 valence electrons. The van der Waals surface area contributed by atoms with Crippen molar-refractivity contribution in [3.8, 4) is 5.75 Å². The summed E-state index contributed by atoms with van der Waals surface area (Å²) >= 11 is 5.92. The molecule has 0 bridgehead atoms. The van der Waals surface area contributed by atoms with Gasteiger partial charge in [0.05, 0.1) is 18.2 Å². The first-order valence-electron chi connectivity index (χ1n) is 6.66. The molecule has 8 heteroatoms. The molecule has 22 heavy (non-hydrogen) atoms. The van der Waals surface area contributed by atoms with E-state index < -0.39 is 11.4 Å². The van der Waals surface area contributed by atoms with E-state index >= 15 is 0 Å². The average Bonchev–Trinajstić information content (AvgIpc) is 3.17. The van der Waals surface area contributed by atoms with E-state index in [2.05, 4.69) is 10.2 Å². The summed E-state index contributed by atoms with van der Waals surface area (Å²) in [6.45, 7) is 0.916. The van der Waals surface area contributed by atoms with Crippen LogP contribution in [0.3, 0.4) is 0 Å². The van der Waals surface area contributed by atoms with Gasteiger partial charge in [-0.3, -0.25) is 0 Å². The van der Waals surface area contributed by atoms with Gasteiger partial charge in [0.1, 0.15) is 11.6 Å². The van der Waals surface area contributed by atoms with Crippen molar-refractivity contribution in [1.82, 2.24) is 10.2 Å². The van der Waals surface area contributed by atoms with E-state index in [4.69, 9.17) is 30.2 Å². The van der Waals surface area contributed by atoms with E-state index in [1.165, 1.54) is 18.2 Å². The minimum absolute atomic E-state index is 0.0170. The number of rotatable bonds is 5. The Morgan fingerprint density at radius 3 is 3.00 bits per heavy atom. The predicted molar refractivity (Wildman–Crippen MR) is 74.2 cm³/mol. The van der Waals surface area contributed by atoms with Crippen LogP contribution in [-0.4, -0.2) is 30.5 Å². The van der Waals surface area contributed by atoms with Gasteiger partial charge in [0.25, 0.3) is 11.8 Å². The predicted octanol–water partition coefficient (Wildman–Crippen LogP) is 2.70. The molecule has 1 aliphatic heterocycles. The lowest BCUT2D eigenvalue weighted by atomic mass is 10.0. The van der Waals surface area contributed by atoms with Gasteiger partial charge in [0.2, 0.25) is 0 Å². The molecule has 6 nitrogen and oxygen atoms in total. The molecule has 1 aromatic heterocycles. The molecule has 1 saturated heterocycles. The second-order valence-corrected chi connectivity index (χ2v) is 5.27. The summed E-state index contributed by atoms with van der Waals surface area (Å²) in [7, 11) is 1.57. The summed E-state index contributed by atoms with van der Waals surface area (Å²) in [6.07, 6.45) is 0.641. The first-order valence-corrected chi connectivity index (χ1v) is 7.04. The highest BCUT2D eigenvalue weighted by atomic mass is 35.5. The van der Waals surface area contributed by atoms with Gasteiger partial charge < -0.3 is 18.6 Å². The first-order chi connectivity index (χ1) is 10.6. The maximum atomic E-state index is 13.2. The fourth-order valence-electron chi connectivity index (χ4n) is 2.19. The van der Waals surface area contributed by atoms with E-state index in [1.807, 2.05) is 0 Å². The van der Waals surface area contributed by atoms with Crippen LogP contribution in [-0.2, 0) is 21.7 Å². The standard InChI is InChI=1S/C14H14ClFN2O4/c1-19-14(4-5-20-8-14)13-18-17-12(22-13)7-21-11-6-9(16)2-3-10(11)15/h2-3,6H,4-5,7-8H2,1H3. The summed E-state index contributed by atoms with van der Waals surface area (Å²) in [5.41, 5.74) is -0.707. The Kier molecular flexibility index (Phi) is 4.28. The van der Waals surface area contributed by atoms with Gasteiger partial charge in [0.15, 0.2) is 12.2 Å². The molecule has 0 aliphatic carbocycles. The van der Waals surface area contributed by atoms with Crippen molar-refractivity contribution in [2.24, 2.45) is 0 Å². The number of nitrogens with zero attached hydrogens (tertiary/aromatic N) is 2. The molecular weight excluding hydrogens is 315 g/mol. The lowest BCUT2D eigenvalue weighted by Gasteiger charge is -2.20. The van der Waals surface area contributed by atoms with Crippen molar-refractivity contribution in [2.45, 2.75) is 18.6 Å². The van der Waals surface area contributed by atoms with Crippen LogP contribution in [0.4, 0.5) is 4.39 Å². The fraction of sp³-hybridized carbons (Fsp3) is 0.429. The summed E-state index contributed by atoms with van der Waals surface area (Å²) in [5.74, 6) is 0.370. The number of hydrogen-bond acceptors (Lipinski definition) is 6. The molecule has 0 radical (unpaired) electrons. The zero-order chi connectivity index (χ0) is 15.6. The van der Waals surface area contributed by atoms with Crippen LogP contribution in [0, 0.1) is 5.82 Å². The SMILES string of the molecule is COC1(c2nnc(COc3cc(F)ccc3Cl)o2)CCOC1. The van der Waals surface area contributed by atoms with E-state index in [1.54, 1.807) is 7.11 Å². The molecule has 1 atom stereocenters. The zero-order valence-corrected chi connectivity index (χ0v) is 12.6. The molecule has 3 rings (SSSR count). The van der Waals surface area contributed by atoms with Crippen LogP contribution in [0.1, 0.15) is 18.2 Å². The Balaban J connectivity index is 1.71. The lowest BCUT2D eigenvalue weighted by Crippen LogP contribution is -2.29. The molecule has 0 spiro atoms. The highest BCUT2D eigenvalue weighted by Crippen LogP contribution is 2.33. The van der Waals surface area contributed by atoms with Gasteiger partial charge in [-0.05, 0) is 12.1 Å². The third kappa shape index (κ3) is 2.92. The van der Waals surface area contributed by atoms with Gasteiger partial charge >= 0.3 is 0 Å². The lowest BCUT2D eigenvalue weighted by molar-refractivity contribution is -0.0420. The van der Waals surface area contributed by atoms with Crippen LogP contribution in [0.15, 0.2) is 22.6 Å². The molecular formula is C14H14ClFN2O4. The van der Waals surface area contributed by atoms with Crippen LogP contribution >= 0.6 is 11.6 Å². The number of ether oxygens (including phenoxy) is 3. The van der Waals surface area contributed by atoms with Crippen molar-refractivity contribution >= 4 is 11.6 Å². The van der Waals surface area contributed by atoms with Gasteiger partial charge in [-0.25, -0.2) is 4.39 Å². The maximum absolute atomic E-state index is 13.2. The van der Waals surface area contributed by atoms with Crippen molar-refractivity contribution in [1.29, 1.82) is 0 Å². The first kappa shape index (κ1) is 15.2. The maximum Gasteiger partial charge on any atom is 0.254 e. The van der Waals surface area contributed by atoms with Gasteiger partial charge in [0, 0.05) is 19.6 Å². The van der Waals surface area contributed by atoms with Gasteiger partial charge in [-0.2, -0.15) is 0 Å². The van der Waals surface area contributed by atoms with E-state index in [0.717, 1.165) is 0 Å². The number of benzene rings is 1. The van der Waals surface area contributed by atoms with Crippen molar-refractivity contribution in [3.63, 3.8) is 0 Å². The van der Waals surface area contributed by atoms with E-state index in [9.17, 15) is 4.39 Å². The topological polar surface area (TPSA) is 66.6 Å². The molecule has 1 fully saturated rings. The van der Waals surface area contributed by atoms with Crippen LogP contribution in [0.2, 0.25) is 5.02 Å². The Labute approximate surface area is 131 Å². The Morgan fingerprint density at radius 1 is 1.41 bits per heavy atom. The fourth-order valence-corrected chi connectivity index (χ4v) is 2.36. The number of aromatic nitrogens is 2. The monoisotopic (exact) mass is 328 g/mol. The molecule has 0 N–H and O–H groups in total. The largest absolute Gasteiger partial charge is 0.482 e. The molecule has 0 amide bonds. The average molecular weight is 329 g/mol. The van der Waals surface area contributed by atoms with Crippen LogP contribution in [0.25, 0.3) is 0 Å². The minimum Gasteiger partial charge on any atom is -0.482 e. The van der Waals surface area contributed by atoms with Gasteiger partial charge in [-0.15, -0.1) is 10.2 Å². The quantitative estimate of drug-likeness (QED) is 0.840. The van der Waals surface area contributed by atoms with Crippen molar-refractivity contribution in [3.05, 3.63) is 40.8 Å². The van der Waals surface area contributed by atoms with Gasteiger partial charge in [-0.1, -0.05) is 11.6 Å². The van der Waals surface area contributed by atoms with Crippen molar-refractivity contribution < 1.29 is 23.0 Å². The molecule has 1 aromatic carbocycles. The molecule has 1 unspecified atom stereocenters. The van der Waals surface area contributed by atoms with E-state index in [-0.39, 0.29) is 18.2 Å². The van der Waals surface area contributed by atoms with Crippen LogP contribution in [0.5, 0.6) is 5.75 Å². The molecule has 2 aromatic rings. The zero-order valence-electron chi connectivity index (χ0n) is 11.8. The van der Waals surface area contributed by atoms with Crippen LogP contribution < -0.4 is 4.74 Å². The molecule has 1 aliphatic rings. The summed E-state index contributed by atoms with van der Waals surface area (Å²) in [6, 6.07) is 3.87. The second kappa shape index (κ2) is 6.20. The minimum atomic E-state index is -0.707. The Bertz CT molecular complexity index is 658. The summed E-state index contributed by atoms with van der Waals surface area (Å²) in [4.78, 5) is 0. The Morgan fingerprint density at radius 2 is 2.27 bits per heavy atom. The normalized spacial score (nSPS) is 21.2. The smallest absolute Gasteiger partial charge is 0.254 e. The summed E-state index contributed by atoms with van der Waals surface area (Å²) in [5, 5.41) is 8.20. The highest BCUT2D eigenvalue weighted by molar-refractivity contribution is 6.32. The number of halogens is 2. The second-order valence-electron chi connectivity index (χ2n) is 4.87. The Hall–Kier alpha value is -1.70. The summed E-state index contributed by atoms with van der Waals surface area (Å²) < 4.78 is 34.9. The number of methoxy groups -OCH3 is 1. The third-order valence-corrected chi connectivity index (χ3v) is 3.79. The molecule has 0 saturated carbocycles. The highest BCUT2D eigenvalue weighted by Gasteiger charge is 2.42. The molecule has 2 heterocycles. The van der Waals surface area contributed by atoms with E-state index in [0.29, 0.717) is 30.5 Å². The number of hydrogen-bond donors (Lipinski definition) is 0.